The topological polar surface area (TPSA) is 69.6 Å². The predicted molar refractivity (Wildman–Crippen MR) is 78.1 cm³/mol. The number of hydrogen-bond acceptors (Lipinski definition) is 3. The Morgan fingerprint density at radius 1 is 1.43 bits per heavy atom. The lowest BCUT2D eigenvalue weighted by atomic mass is 10.1. The summed E-state index contributed by atoms with van der Waals surface area (Å²) in [7, 11) is 0. The number of likely N-dealkylation sites (tertiary alicyclic amines) is 1. The van der Waals surface area contributed by atoms with Crippen LogP contribution in [-0.2, 0) is 16.1 Å². The molecule has 1 aliphatic rings. The van der Waals surface area contributed by atoms with Crippen LogP contribution >= 0.6 is 0 Å². The van der Waals surface area contributed by atoms with Crippen LogP contribution in [0.15, 0.2) is 24.3 Å². The Hall–Kier alpha value is -2.32. The number of rotatable bonds is 4. The molecule has 1 heterocycles. The van der Waals surface area contributed by atoms with Gasteiger partial charge in [0.15, 0.2) is 0 Å². The van der Waals surface area contributed by atoms with Crippen LogP contribution in [0, 0.1) is 11.8 Å². The van der Waals surface area contributed by atoms with Gasteiger partial charge in [0.2, 0.25) is 11.8 Å². The van der Waals surface area contributed by atoms with Gasteiger partial charge in [-0.05, 0) is 24.1 Å². The average molecular weight is 286 g/mol. The van der Waals surface area contributed by atoms with E-state index in [2.05, 4.69) is 17.2 Å². The van der Waals surface area contributed by atoms with Gasteiger partial charge < -0.3 is 15.3 Å². The Morgan fingerprint density at radius 2 is 2.29 bits per heavy atom. The first-order valence-electron chi connectivity index (χ1n) is 6.92. The zero-order valence-electron chi connectivity index (χ0n) is 11.8. The van der Waals surface area contributed by atoms with E-state index in [0.29, 0.717) is 19.5 Å². The Kier molecular flexibility index (Phi) is 5.35. The third kappa shape index (κ3) is 4.62. The van der Waals surface area contributed by atoms with Crippen molar-refractivity contribution in [3.8, 4) is 11.8 Å². The molecule has 1 aromatic carbocycles. The molecule has 0 spiro atoms. The number of amides is 2. The highest BCUT2D eigenvalue weighted by Crippen LogP contribution is 2.08. The number of aliphatic hydroxyl groups is 1. The molecule has 1 fully saturated rings. The molecule has 2 amide bonds. The van der Waals surface area contributed by atoms with Gasteiger partial charge in [-0.15, -0.1) is 0 Å². The Bertz CT molecular complexity index is 587. The van der Waals surface area contributed by atoms with Gasteiger partial charge in [0, 0.05) is 25.1 Å². The molecule has 0 atom stereocenters. The number of nitrogens with one attached hydrogen (secondary N) is 1. The summed E-state index contributed by atoms with van der Waals surface area (Å²) in [6.07, 6.45) is 1.37. The Balaban J connectivity index is 1.84. The molecule has 5 nitrogen and oxygen atoms in total. The molecule has 21 heavy (non-hydrogen) atoms. The molecule has 0 saturated carbocycles. The summed E-state index contributed by atoms with van der Waals surface area (Å²) in [5.74, 6) is 5.30. The van der Waals surface area contributed by atoms with E-state index >= 15 is 0 Å². The van der Waals surface area contributed by atoms with Gasteiger partial charge >= 0.3 is 0 Å². The second-order valence-corrected chi connectivity index (χ2v) is 4.86. The number of nitrogens with zero attached hydrogens (tertiary/aromatic N) is 1. The van der Waals surface area contributed by atoms with E-state index in [1.165, 1.54) is 0 Å². The SMILES string of the molecule is O=C(CN1CCCC1=O)NCc1cccc(C#CCO)c1. The van der Waals surface area contributed by atoms with E-state index in [9.17, 15) is 9.59 Å². The van der Waals surface area contributed by atoms with E-state index in [1.807, 2.05) is 24.3 Å². The molecular formula is C16H18N2O3. The van der Waals surface area contributed by atoms with Gasteiger partial charge in [-0.1, -0.05) is 24.0 Å². The molecule has 110 valence electrons. The zero-order chi connectivity index (χ0) is 15.1. The molecule has 0 radical (unpaired) electrons. The summed E-state index contributed by atoms with van der Waals surface area (Å²) >= 11 is 0. The highest BCUT2D eigenvalue weighted by atomic mass is 16.2. The fourth-order valence-electron chi connectivity index (χ4n) is 2.20. The summed E-state index contributed by atoms with van der Waals surface area (Å²) in [4.78, 5) is 24.8. The van der Waals surface area contributed by atoms with Crippen molar-refractivity contribution in [2.45, 2.75) is 19.4 Å². The molecule has 0 aliphatic carbocycles. The van der Waals surface area contributed by atoms with Gasteiger partial charge in [0.05, 0.1) is 6.54 Å². The van der Waals surface area contributed by atoms with E-state index in [4.69, 9.17) is 5.11 Å². The molecule has 2 N–H and O–H groups in total. The van der Waals surface area contributed by atoms with E-state index in [-0.39, 0.29) is 25.0 Å². The fourth-order valence-corrected chi connectivity index (χ4v) is 2.20. The monoisotopic (exact) mass is 286 g/mol. The number of carbonyl (C=O) groups excluding carboxylic acids is 2. The zero-order valence-corrected chi connectivity index (χ0v) is 11.8. The van der Waals surface area contributed by atoms with Crippen molar-refractivity contribution in [1.82, 2.24) is 10.2 Å². The van der Waals surface area contributed by atoms with Gasteiger partial charge in [-0.3, -0.25) is 9.59 Å². The van der Waals surface area contributed by atoms with Gasteiger partial charge in [-0.25, -0.2) is 0 Å². The third-order valence-corrected chi connectivity index (χ3v) is 3.23. The van der Waals surface area contributed by atoms with E-state index < -0.39 is 0 Å². The van der Waals surface area contributed by atoms with Crippen molar-refractivity contribution < 1.29 is 14.7 Å². The lowest BCUT2D eigenvalue weighted by Crippen LogP contribution is -2.37. The van der Waals surface area contributed by atoms with Gasteiger partial charge in [-0.2, -0.15) is 0 Å². The number of carbonyl (C=O) groups is 2. The normalized spacial score (nSPS) is 13.8. The van der Waals surface area contributed by atoms with E-state index in [0.717, 1.165) is 17.5 Å². The van der Waals surface area contributed by atoms with Crippen LogP contribution < -0.4 is 5.32 Å². The number of benzene rings is 1. The van der Waals surface area contributed by atoms with Crippen molar-refractivity contribution in [3.63, 3.8) is 0 Å². The summed E-state index contributed by atoms with van der Waals surface area (Å²) in [6, 6.07) is 7.46. The Labute approximate surface area is 124 Å². The van der Waals surface area contributed by atoms with Gasteiger partial charge in [0.1, 0.15) is 6.61 Å². The first kappa shape index (κ1) is 15.1. The maximum Gasteiger partial charge on any atom is 0.239 e. The molecular weight excluding hydrogens is 268 g/mol. The predicted octanol–water partition coefficient (Wildman–Crippen LogP) is 0.269. The van der Waals surface area contributed by atoms with Crippen molar-refractivity contribution >= 4 is 11.8 Å². The summed E-state index contributed by atoms with van der Waals surface area (Å²) in [6.45, 7) is 1.02. The molecule has 0 unspecified atom stereocenters. The number of hydrogen-bond donors (Lipinski definition) is 2. The summed E-state index contributed by atoms with van der Waals surface area (Å²) in [5.41, 5.74) is 1.73. The van der Waals surface area contributed by atoms with Crippen molar-refractivity contribution in [3.05, 3.63) is 35.4 Å². The first-order valence-corrected chi connectivity index (χ1v) is 6.92. The minimum Gasteiger partial charge on any atom is -0.384 e. The van der Waals surface area contributed by atoms with Crippen molar-refractivity contribution in [1.29, 1.82) is 0 Å². The molecule has 1 aliphatic heterocycles. The highest BCUT2D eigenvalue weighted by molar-refractivity contribution is 5.85. The van der Waals surface area contributed by atoms with Crippen LogP contribution in [0.5, 0.6) is 0 Å². The summed E-state index contributed by atoms with van der Waals surface area (Å²) in [5, 5.41) is 11.5. The molecule has 0 aromatic heterocycles. The van der Waals surface area contributed by atoms with Crippen molar-refractivity contribution in [2.24, 2.45) is 0 Å². The van der Waals surface area contributed by atoms with Crippen molar-refractivity contribution in [2.75, 3.05) is 19.7 Å². The van der Waals surface area contributed by atoms with Crippen LogP contribution in [0.1, 0.15) is 24.0 Å². The molecule has 1 saturated heterocycles. The Morgan fingerprint density at radius 3 is 3.00 bits per heavy atom. The second-order valence-electron chi connectivity index (χ2n) is 4.86. The fraction of sp³-hybridized carbons (Fsp3) is 0.375. The number of aliphatic hydroxyl groups excluding tert-OH is 1. The average Bonchev–Trinajstić information content (AvgIpc) is 2.89. The lowest BCUT2D eigenvalue weighted by Gasteiger charge is -2.15. The second kappa shape index (κ2) is 7.46. The van der Waals surface area contributed by atoms with Crippen LogP contribution in [0.3, 0.4) is 0 Å². The quantitative estimate of drug-likeness (QED) is 0.781. The minimum atomic E-state index is -0.176. The summed E-state index contributed by atoms with van der Waals surface area (Å²) < 4.78 is 0. The maximum atomic E-state index is 11.8. The first-order chi connectivity index (χ1) is 10.2. The molecule has 2 rings (SSSR count). The maximum absolute atomic E-state index is 11.8. The van der Waals surface area contributed by atoms with Crippen LogP contribution in [0.25, 0.3) is 0 Å². The van der Waals surface area contributed by atoms with Crippen LogP contribution in [-0.4, -0.2) is 41.5 Å². The lowest BCUT2D eigenvalue weighted by molar-refractivity contribution is -0.133. The molecule has 0 bridgehead atoms. The molecule has 5 heteroatoms. The largest absolute Gasteiger partial charge is 0.384 e. The third-order valence-electron chi connectivity index (χ3n) is 3.23. The van der Waals surface area contributed by atoms with E-state index in [1.54, 1.807) is 4.90 Å². The van der Waals surface area contributed by atoms with Crippen LogP contribution in [0.2, 0.25) is 0 Å². The molecule has 1 aromatic rings. The van der Waals surface area contributed by atoms with Gasteiger partial charge in [0.25, 0.3) is 0 Å². The smallest absolute Gasteiger partial charge is 0.239 e. The highest BCUT2D eigenvalue weighted by Gasteiger charge is 2.21. The van der Waals surface area contributed by atoms with Crippen LogP contribution in [0.4, 0.5) is 0 Å². The minimum absolute atomic E-state index is 0.0476. The standard InChI is InChI=1S/C16H18N2O3/c19-9-3-6-13-4-1-5-14(10-13)11-17-15(20)12-18-8-2-7-16(18)21/h1,4-5,10,19H,2,7-9,11-12H2,(H,17,20).